The molecule has 1 amide bonds. The first-order valence-corrected chi connectivity index (χ1v) is 6.82. The maximum Gasteiger partial charge on any atom is 0.251 e. The maximum atomic E-state index is 12.9. The standard InChI is InChI=1S/C16H18FN3O/c1-3-14-8-12(9-15(18)20-14)16(21)19-10(2)11-4-6-13(17)7-5-11/h4-10H,3H2,1-2H3,(H2,18,20)(H,19,21). The molecule has 5 heteroatoms. The molecule has 2 aromatic rings. The fourth-order valence-electron chi connectivity index (χ4n) is 2.04. The number of nitrogens with two attached hydrogens (primary N) is 1. The monoisotopic (exact) mass is 287 g/mol. The van der Waals surface area contributed by atoms with Gasteiger partial charge in [0.1, 0.15) is 11.6 Å². The number of hydrogen-bond donors (Lipinski definition) is 2. The number of hydrogen-bond acceptors (Lipinski definition) is 3. The molecule has 4 nitrogen and oxygen atoms in total. The number of nitrogens with zero attached hydrogens (tertiary/aromatic N) is 1. The molecule has 21 heavy (non-hydrogen) atoms. The molecule has 0 aliphatic heterocycles. The molecule has 3 N–H and O–H groups in total. The number of amides is 1. The molecule has 1 heterocycles. The zero-order valence-corrected chi connectivity index (χ0v) is 12.1. The number of rotatable bonds is 4. The van der Waals surface area contributed by atoms with Gasteiger partial charge in [-0.15, -0.1) is 0 Å². The molecule has 1 atom stereocenters. The lowest BCUT2D eigenvalue weighted by molar-refractivity contribution is 0.0939. The first-order chi connectivity index (χ1) is 9.99. The van der Waals surface area contributed by atoms with Crippen LogP contribution in [0.2, 0.25) is 0 Å². The third kappa shape index (κ3) is 3.78. The number of anilines is 1. The van der Waals surface area contributed by atoms with E-state index in [-0.39, 0.29) is 17.8 Å². The van der Waals surface area contributed by atoms with E-state index in [0.717, 1.165) is 11.3 Å². The van der Waals surface area contributed by atoms with Crippen molar-refractivity contribution in [2.24, 2.45) is 0 Å². The van der Waals surface area contributed by atoms with Crippen LogP contribution in [0.1, 0.15) is 41.5 Å². The van der Waals surface area contributed by atoms with Crippen molar-refractivity contribution in [2.45, 2.75) is 26.3 Å². The van der Waals surface area contributed by atoms with E-state index in [1.807, 2.05) is 13.8 Å². The van der Waals surface area contributed by atoms with Gasteiger partial charge < -0.3 is 11.1 Å². The van der Waals surface area contributed by atoms with Gasteiger partial charge >= 0.3 is 0 Å². The van der Waals surface area contributed by atoms with Crippen molar-refractivity contribution in [1.82, 2.24) is 10.3 Å². The smallest absolute Gasteiger partial charge is 0.251 e. The van der Waals surface area contributed by atoms with Crippen LogP contribution in [0.25, 0.3) is 0 Å². The van der Waals surface area contributed by atoms with Crippen molar-refractivity contribution in [3.63, 3.8) is 0 Å². The summed E-state index contributed by atoms with van der Waals surface area (Å²) in [6, 6.07) is 9.10. The van der Waals surface area contributed by atoms with Crippen LogP contribution in [0.4, 0.5) is 10.2 Å². The molecule has 2 rings (SSSR count). The number of halogens is 1. The average Bonchev–Trinajstić information content (AvgIpc) is 2.47. The first-order valence-electron chi connectivity index (χ1n) is 6.82. The quantitative estimate of drug-likeness (QED) is 0.908. The predicted molar refractivity (Wildman–Crippen MR) is 80.3 cm³/mol. The molecular formula is C16H18FN3O. The Morgan fingerprint density at radius 3 is 2.62 bits per heavy atom. The second kappa shape index (κ2) is 6.35. The van der Waals surface area contributed by atoms with Crippen LogP contribution in [-0.2, 0) is 6.42 Å². The average molecular weight is 287 g/mol. The van der Waals surface area contributed by atoms with Crippen molar-refractivity contribution in [3.05, 3.63) is 59.0 Å². The zero-order chi connectivity index (χ0) is 15.4. The lowest BCUT2D eigenvalue weighted by Gasteiger charge is -2.15. The molecule has 1 unspecified atom stereocenters. The number of nitrogens with one attached hydrogen (secondary N) is 1. The van der Waals surface area contributed by atoms with Crippen LogP contribution in [0.3, 0.4) is 0 Å². The lowest BCUT2D eigenvalue weighted by Crippen LogP contribution is -2.27. The molecule has 0 radical (unpaired) electrons. The zero-order valence-electron chi connectivity index (χ0n) is 12.1. The van der Waals surface area contributed by atoms with Crippen molar-refractivity contribution < 1.29 is 9.18 Å². The van der Waals surface area contributed by atoms with Crippen molar-refractivity contribution in [1.29, 1.82) is 0 Å². The summed E-state index contributed by atoms with van der Waals surface area (Å²) in [4.78, 5) is 16.4. The molecule has 0 fully saturated rings. The summed E-state index contributed by atoms with van der Waals surface area (Å²) < 4.78 is 12.9. The van der Waals surface area contributed by atoms with Gasteiger partial charge in [-0.3, -0.25) is 4.79 Å². The van der Waals surface area contributed by atoms with Gasteiger partial charge in [0.05, 0.1) is 6.04 Å². The van der Waals surface area contributed by atoms with Crippen molar-refractivity contribution in [3.8, 4) is 0 Å². The molecule has 0 bridgehead atoms. The van der Waals surface area contributed by atoms with Crippen LogP contribution >= 0.6 is 0 Å². The number of aromatic nitrogens is 1. The van der Waals surface area contributed by atoms with Gasteiger partial charge in [-0.1, -0.05) is 19.1 Å². The summed E-state index contributed by atoms with van der Waals surface area (Å²) in [5.74, 6) is -0.198. The van der Waals surface area contributed by atoms with Crippen LogP contribution in [0.5, 0.6) is 0 Å². The first kappa shape index (κ1) is 15.0. The second-order valence-corrected chi connectivity index (χ2v) is 4.87. The third-order valence-corrected chi connectivity index (χ3v) is 3.24. The van der Waals surface area contributed by atoms with Gasteiger partial charge in [-0.2, -0.15) is 0 Å². The maximum absolute atomic E-state index is 12.9. The van der Waals surface area contributed by atoms with Crippen molar-refractivity contribution >= 4 is 11.7 Å². The molecular weight excluding hydrogens is 269 g/mol. The van der Waals surface area contributed by atoms with Gasteiger partial charge in [0.2, 0.25) is 0 Å². The Morgan fingerprint density at radius 2 is 2.00 bits per heavy atom. The van der Waals surface area contributed by atoms with Gasteiger partial charge in [-0.25, -0.2) is 9.37 Å². The van der Waals surface area contributed by atoms with E-state index in [0.29, 0.717) is 17.8 Å². The van der Waals surface area contributed by atoms with Crippen LogP contribution in [0, 0.1) is 5.82 Å². The third-order valence-electron chi connectivity index (χ3n) is 3.24. The molecule has 110 valence electrons. The van der Waals surface area contributed by atoms with Crippen LogP contribution in [0.15, 0.2) is 36.4 Å². The second-order valence-electron chi connectivity index (χ2n) is 4.87. The summed E-state index contributed by atoms with van der Waals surface area (Å²) in [7, 11) is 0. The van der Waals surface area contributed by atoms with Gasteiger partial charge in [0, 0.05) is 11.3 Å². The van der Waals surface area contributed by atoms with E-state index in [1.165, 1.54) is 12.1 Å². The fraction of sp³-hybridized carbons (Fsp3) is 0.250. The Hall–Kier alpha value is -2.43. The molecule has 1 aromatic carbocycles. The van der Waals surface area contributed by atoms with E-state index >= 15 is 0 Å². The van der Waals surface area contributed by atoms with E-state index < -0.39 is 0 Å². The Kier molecular flexibility index (Phi) is 4.52. The van der Waals surface area contributed by atoms with Gasteiger partial charge in [0.15, 0.2) is 0 Å². The minimum absolute atomic E-state index is 0.224. The summed E-state index contributed by atoms with van der Waals surface area (Å²) in [5.41, 5.74) is 7.79. The topological polar surface area (TPSA) is 68.0 Å². The van der Waals surface area contributed by atoms with E-state index in [2.05, 4.69) is 10.3 Å². The number of carbonyl (C=O) groups excluding carboxylic acids is 1. The highest BCUT2D eigenvalue weighted by Crippen LogP contribution is 2.15. The molecule has 0 saturated heterocycles. The number of benzene rings is 1. The number of pyridine rings is 1. The van der Waals surface area contributed by atoms with Gasteiger partial charge in [-0.05, 0) is 43.2 Å². The van der Waals surface area contributed by atoms with Crippen molar-refractivity contribution in [2.75, 3.05) is 5.73 Å². The Bertz CT molecular complexity index is 640. The van der Waals surface area contributed by atoms with E-state index in [9.17, 15) is 9.18 Å². The highest BCUT2D eigenvalue weighted by atomic mass is 19.1. The number of nitrogen functional groups attached to an aromatic ring is 1. The van der Waals surface area contributed by atoms with Crippen LogP contribution < -0.4 is 11.1 Å². The summed E-state index contributed by atoms with van der Waals surface area (Å²) in [6.45, 7) is 3.79. The Balaban J connectivity index is 2.13. The Morgan fingerprint density at radius 1 is 1.33 bits per heavy atom. The van der Waals surface area contributed by atoms with E-state index in [4.69, 9.17) is 5.73 Å². The highest BCUT2D eigenvalue weighted by molar-refractivity contribution is 5.95. The lowest BCUT2D eigenvalue weighted by atomic mass is 10.1. The summed E-state index contributed by atoms with van der Waals surface area (Å²) in [5, 5.41) is 2.87. The number of carbonyl (C=O) groups is 1. The number of aryl methyl sites for hydroxylation is 1. The highest BCUT2D eigenvalue weighted by Gasteiger charge is 2.13. The minimum Gasteiger partial charge on any atom is -0.384 e. The minimum atomic E-state index is -0.299. The SMILES string of the molecule is CCc1cc(C(=O)NC(C)c2ccc(F)cc2)cc(N)n1. The molecule has 0 spiro atoms. The molecule has 0 saturated carbocycles. The van der Waals surface area contributed by atoms with Crippen LogP contribution in [-0.4, -0.2) is 10.9 Å². The predicted octanol–water partition coefficient (Wildman–Crippen LogP) is 2.86. The van der Waals surface area contributed by atoms with E-state index in [1.54, 1.807) is 24.3 Å². The molecule has 1 aromatic heterocycles. The molecule has 0 aliphatic rings. The Labute approximate surface area is 123 Å². The fourth-order valence-corrected chi connectivity index (χ4v) is 2.04. The normalized spacial score (nSPS) is 12.0. The largest absolute Gasteiger partial charge is 0.384 e. The van der Waals surface area contributed by atoms with Gasteiger partial charge in [0.25, 0.3) is 5.91 Å². The summed E-state index contributed by atoms with van der Waals surface area (Å²) in [6.07, 6.45) is 0.707. The summed E-state index contributed by atoms with van der Waals surface area (Å²) >= 11 is 0. The molecule has 0 aliphatic carbocycles.